The predicted molar refractivity (Wildman–Crippen MR) is 125 cm³/mol. The molecule has 0 aliphatic carbocycles. The molecule has 0 spiro atoms. The molecule has 3 aromatic heterocycles. The Morgan fingerprint density at radius 3 is 2.47 bits per heavy atom. The Labute approximate surface area is 187 Å². The van der Waals surface area contributed by atoms with Crippen LogP contribution < -0.4 is 5.32 Å². The number of hydrogen-bond acceptors (Lipinski definition) is 6. The first-order valence-corrected chi connectivity index (χ1v) is 10.7. The Kier molecular flexibility index (Phi) is 5.09. The van der Waals surface area contributed by atoms with Gasteiger partial charge in [0.05, 0.1) is 27.9 Å². The third kappa shape index (κ3) is 3.70. The number of Topliss-reactive ketones (excluding diaryl/α,β-unsaturated/α-hetero) is 1. The number of pyridine rings is 1. The molecule has 3 heterocycles. The number of thiazole rings is 1. The van der Waals surface area contributed by atoms with Crippen molar-refractivity contribution >= 4 is 39.1 Å². The monoisotopic (exact) mass is 439 g/mol. The van der Waals surface area contributed by atoms with Crippen molar-refractivity contribution in [1.82, 2.24) is 9.97 Å². The van der Waals surface area contributed by atoms with E-state index in [1.807, 2.05) is 54.6 Å². The zero-order valence-electron chi connectivity index (χ0n) is 17.0. The van der Waals surface area contributed by atoms with E-state index in [2.05, 4.69) is 15.3 Å². The van der Waals surface area contributed by atoms with Crippen LogP contribution in [0.1, 0.15) is 27.0 Å². The van der Waals surface area contributed by atoms with E-state index in [9.17, 15) is 9.59 Å². The molecule has 0 saturated carbocycles. The number of fused-ring (bicyclic) bond motifs is 1. The van der Waals surface area contributed by atoms with Crippen molar-refractivity contribution < 1.29 is 14.0 Å². The van der Waals surface area contributed by atoms with E-state index in [0.29, 0.717) is 43.6 Å². The van der Waals surface area contributed by atoms with Crippen LogP contribution in [0.15, 0.2) is 83.5 Å². The molecule has 1 amide bonds. The minimum atomic E-state index is -0.333. The molecular weight excluding hydrogens is 422 g/mol. The van der Waals surface area contributed by atoms with E-state index in [1.165, 1.54) is 18.3 Å². The van der Waals surface area contributed by atoms with Gasteiger partial charge in [0, 0.05) is 17.9 Å². The Balaban J connectivity index is 1.55. The number of anilines is 1. The van der Waals surface area contributed by atoms with Gasteiger partial charge in [-0.1, -0.05) is 59.9 Å². The summed E-state index contributed by atoms with van der Waals surface area (Å²) in [6.45, 7) is 1.50. The molecule has 0 aliphatic rings. The number of furan rings is 1. The lowest BCUT2D eigenvalue weighted by molar-refractivity contribution is 0.101. The first-order valence-electron chi connectivity index (χ1n) is 9.92. The predicted octanol–water partition coefficient (Wildman–Crippen LogP) is 6.07. The third-order valence-electron chi connectivity index (χ3n) is 4.95. The van der Waals surface area contributed by atoms with E-state index >= 15 is 0 Å². The van der Waals surface area contributed by atoms with Crippen molar-refractivity contribution in [3.63, 3.8) is 0 Å². The van der Waals surface area contributed by atoms with Crippen molar-refractivity contribution in [3.05, 3.63) is 89.5 Å². The summed E-state index contributed by atoms with van der Waals surface area (Å²) in [5, 5.41) is 3.94. The quantitative estimate of drug-likeness (QED) is 0.336. The largest absolute Gasteiger partial charge is 0.463 e. The molecule has 7 heteroatoms. The van der Waals surface area contributed by atoms with Crippen molar-refractivity contribution in [2.45, 2.75) is 6.92 Å². The molecule has 0 aliphatic heterocycles. The number of para-hydroxylation sites is 1. The Hall–Kier alpha value is -4.10. The molecular formula is C25H17N3O3S. The first kappa shape index (κ1) is 19.8. The molecule has 1 N–H and O–H groups in total. The normalized spacial score (nSPS) is 10.9. The number of aromatic nitrogens is 2. The summed E-state index contributed by atoms with van der Waals surface area (Å²) in [5.41, 5.74) is 3.08. The lowest BCUT2D eigenvalue weighted by Crippen LogP contribution is -2.13. The van der Waals surface area contributed by atoms with Crippen LogP contribution in [0.4, 0.5) is 5.13 Å². The van der Waals surface area contributed by atoms with Crippen LogP contribution in [-0.4, -0.2) is 21.7 Å². The van der Waals surface area contributed by atoms with Gasteiger partial charge in [-0.3, -0.25) is 14.9 Å². The maximum atomic E-state index is 13.3. The molecule has 32 heavy (non-hydrogen) atoms. The van der Waals surface area contributed by atoms with Gasteiger partial charge in [0.15, 0.2) is 16.7 Å². The minimum absolute atomic E-state index is 0.101. The number of carbonyl (C=O) groups excluding carboxylic acids is 2. The summed E-state index contributed by atoms with van der Waals surface area (Å²) in [7, 11) is 0. The zero-order chi connectivity index (χ0) is 22.1. The van der Waals surface area contributed by atoms with Crippen LogP contribution in [0.25, 0.3) is 33.6 Å². The number of benzene rings is 2. The average molecular weight is 439 g/mol. The second-order valence-electron chi connectivity index (χ2n) is 7.12. The maximum Gasteiger partial charge on any atom is 0.258 e. The first-order chi connectivity index (χ1) is 15.6. The number of nitrogens with zero attached hydrogens (tertiary/aromatic N) is 2. The SMILES string of the molecule is CC(=O)c1sc(NC(=O)c2cc(-c3ccco3)nc3ccccc23)nc1-c1ccccc1. The summed E-state index contributed by atoms with van der Waals surface area (Å²) in [5.74, 6) is 0.139. The Bertz CT molecular complexity index is 1440. The van der Waals surface area contributed by atoms with Gasteiger partial charge in [-0.25, -0.2) is 9.97 Å². The molecule has 2 aromatic carbocycles. The molecule has 5 aromatic rings. The van der Waals surface area contributed by atoms with Gasteiger partial charge >= 0.3 is 0 Å². The molecule has 0 saturated heterocycles. The highest BCUT2D eigenvalue weighted by Crippen LogP contribution is 2.32. The van der Waals surface area contributed by atoms with E-state index in [4.69, 9.17) is 4.42 Å². The topological polar surface area (TPSA) is 85.1 Å². The highest BCUT2D eigenvalue weighted by molar-refractivity contribution is 7.18. The summed E-state index contributed by atoms with van der Waals surface area (Å²) >= 11 is 1.17. The van der Waals surface area contributed by atoms with Crippen LogP contribution in [0.2, 0.25) is 0 Å². The number of ketones is 1. The van der Waals surface area contributed by atoms with E-state index in [1.54, 1.807) is 24.5 Å². The highest BCUT2D eigenvalue weighted by atomic mass is 32.1. The molecule has 0 bridgehead atoms. The standard InChI is InChI=1S/C25H17N3O3S/c1-15(29)23-22(16-8-3-2-4-9-16)27-25(32-23)28-24(30)18-14-20(21-12-7-13-31-21)26-19-11-6-5-10-17(18)19/h2-14H,1H3,(H,27,28,30). The molecule has 6 nitrogen and oxygen atoms in total. The van der Waals surface area contributed by atoms with Crippen LogP contribution in [0.3, 0.4) is 0 Å². The van der Waals surface area contributed by atoms with Gasteiger partial charge in [0.1, 0.15) is 5.69 Å². The zero-order valence-corrected chi connectivity index (χ0v) is 17.8. The summed E-state index contributed by atoms with van der Waals surface area (Å²) < 4.78 is 5.47. The fourth-order valence-electron chi connectivity index (χ4n) is 3.48. The van der Waals surface area contributed by atoms with Gasteiger partial charge in [-0.2, -0.15) is 0 Å². The average Bonchev–Trinajstić information content (AvgIpc) is 3.49. The Morgan fingerprint density at radius 1 is 0.938 bits per heavy atom. The van der Waals surface area contributed by atoms with Gasteiger partial charge in [0.25, 0.3) is 5.91 Å². The van der Waals surface area contributed by atoms with E-state index in [0.717, 1.165) is 5.56 Å². The van der Waals surface area contributed by atoms with E-state index in [-0.39, 0.29) is 11.7 Å². The van der Waals surface area contributed by atoms with E-state index < -0.39 is 0 Å². The molecule has 0 radical (unpaired) electrons. The lowest BCUT2D eigenvalue weighted by atomic mass is 10.1. The van der Waals surface area contributed by atoms with Crippen LogP contribution in [0.5, 0.6) is 0 Å². The van der Waals surface area contributed by atoms with Crippen LogP contribution in [-0.2, 0) is 0 Å². The molecule has 0 fully saturated rings. The smallest absolute Gasteiger partial charge is 0.258 e. The van der Waals surface area contributed by atoms with Crippen molar-refractivity contribution in [1.29, 1.82) is 0 Å². The Morgan fingerprint density at radius 2 is 1.72 bits per heavy atom. The fourth-order valence-corrected chi connectivity index (χ4v) is 4.36. The highest BCUT2D eigenvalue weighted by Gasteiger charge is 2.20. The maximum absolute atomic E-state index is 13.3. The molecule has 0 unspecified atom stereocenters. The summed E-state index contributed by atoms with van der Waals surface area (Å²) in [6, 6.07) is 22.1. The molecule has 5 rings (SSSR count). The van der Waals surface area contributed by atoms with Crippen molar-refractivity contribution in [2.75, 3.05) is 5.32 Å². The van der Waals surface area contributed by atoms with Crippen molar-refractivity contribution in [2.24, 2.45) is 0 Å². The van der Waals surface area contributed by atoms with Gasteiger partial charge in [0.2, 0.25) is 0 Å². The minimum Gasteiger partial charge on any atom is -0.463 e. The van der Waals surface area contributed by atoms with Gasteiger partial charge in [-0.15, -0.1) is 0 Å². The number of nitrogens with one attached hydrogen (secondary N) is 1. The fraction of sp³-hybridized carbons (Fsp3) is 0.0400. The summed E-state index contributed by atoms with van der Waals surface area (Å²) in [6.07, 6.45) is 1.57. The summed E-state index contributed by atoms with van der Waals surface area (Å²) in [4.78, 5) is 35.2. The number of rotatable bonds is 5. The van der Waals surface area contributed by atoms with Crippen LogP contribution in [0, 0.1) is 0 Å². The van der Waals surface area contributed by atoms with Crippen molar-refractivity contribution in [3.8, 4) is 22.7 Å². The van der Waals surface area contributed by atoms with Crippen LogP contribution >= 0.6 is 11.3 Å². The third-order valence-corrected chi connectivity index (χ3v) is 6.02. The second-order valence-corrected chi connectivity index (χ2v) is 8.12. The molecule has 156 valence electrons. The molecule has 0 atom stereocenters. The lowest BCUT2D eigenvalue weighted by Gasteiger charge is -2.08. The number of amides is 1. The van der Waals surface area contributed by atoms with Gasteiger partial charge < -0.3 is 4.42 Å². The second kappa shape index (κ2) is 8.20. The number of hydrogen-bond donors (Lipinski definition) is 1. The number of carbonyl (C=O) groups is 2. The van der Waals surface area contributed by atoms with Gasteiger partial charge in [-0.05, 0) is 24.3 Å².